The number of carbonyl (C=O) groups is 2. The van der Waals surface area contributed by atoms with Gasteiger partial charge in [-0.15, -0.1) is 12.4 Å². The SMILES string of the molecule is Cl.O=C(c1ccc(F)cc1)C1CCN(CCN2C(=O)C3C=CC=CC3=NC2=S)CC1. The van der Waals surface area contributed by atoms with Crippen LogP contribution in [-0.4, -0.2) is 58.5 Å². The lowest BCUT2D eigenvalue weighted by Crippen LogP contribution is -2.49. The number of halogens is 2. The Balaban J connectivity index is 0.00000256. The highest BCUT2D eigenvalue weighted by Crippen LogP contribution is 2.23. The first-order chi connectivity index (χ1) is 14.0. The molecule has 2 aliphatic heterocycles. The molecular weight excluding hydrogens is 425 g/mol. The Labute approximate surface area is 186 Å². The number of aliphatic imine (C=N–C) groups is 1. The van der Waals surface area contributed by atoms with Crippen molar-refractivity contribution in [1.82, 2.24) is 9.80 Å². The van der Waals surface area contributed by atoms with E-state index in [0.717, 1.165) is 25.9 Å². The highest BCUT2D eigenvalue weighted by atomic mass is 35.5. The first kappa shape index (κ1) is 22.5. The van der Waals surface area contributed by atoms with Gasteiger partial charge in [0.15, 0.2) is 5.78 Å². The van der Waals surface area contributed by atoms with Gasteiger partial charge in [-0.25, -0.2) is 9.38 Å². The number of hydrogen-bond donors (Lipinski definition) is 0. The molecule has 158 valence electrons. The van der Waals surface area contributed by atoms with E-state index in [0.29, 0.717) is 29.5 Å². The third kappa shape index (κ3) is 4.74. The number of allylic oxidation sites excluding steroid dienone is 3. The van der Waals surface area contributed by atoms with E-state index in [1.807, 2.05) is 24.3 Å². The third-order valence-corrected chi connectivity index (χ3v) is 6.03. The smallest absolute Gasteiger partial charge is 0.241 e. The number of nitrogens with zero attached hydrogens (tertiary/aromatic N) is 3. The third-order valence-electron chi connectivity index (χ3n) is 5.71. The quantitative estimate of drug-likeness (QED) is 0.512. The Bertz CT molecular complexity index is 921. The standard InChI is InChI=1S/C22H22FN3O2S.ClH/c23-17-7-5-15(6-8-17)20(27)16-9-11-25(12-10-16)13-14-26-21(28)18-3-1-2-4-19(18)24-22(26)29;/h1-8,16,18H,9-14H2;1H. The zero-order valence-corrected chi connectivity index (χ0v) is 18.0. The van der Waals surface area contributed by atoms with Crippen LogP contribution in [0.15, 0.2) is 53.6 Å². The second-order valence-corrected chi connectivity index (χ2v) is 7.88. The molecular formula is C22H23ClFN3O2S. The fraction of sp³-hybridized carbons (Fsp3) is 0.364. The fourth-order valence-corrected chi connectivity index (χ4v) is 4.28. The van der Waals surface area contributed by atoms with Gasteiger partial charge in [0.2, 0.25) is 11.0 Å². The van der Waals surface area contributed by atoms with Gasteiger partial charge in [0, 0.05) is 24.6 Å². The summed E-state index contributed by atoms with van der Waals surface area (Å²) in [5.74, 6) is -0.665. The molecule has 0 bridgehead atoms. The van der Waals surface area contributed by atoms with Crippen molar-refractivity contribution in [3.8, 4) is 0 Å². The predicted molar refractivity (Wildman–Crippen MR) is 121 cm³/mol. The molecule has 1 aliphatic carbocycles. The Morgan fingerprint density at radius 3 is 2.53 bits per heavy atom. The summed E-state index contributed by atoms with van der Waals surface area (Å²) in [6.07, 6.45) is 8.91. The Kier molecular flexibility index (Phi) is 7.28. The minimum atomic E-state index is -0.342. The molecule has 1 aromatic rings. The second-order valence-electron chi connectivity index (χ2n) is 7.52. The molecule has 1 unspecified atom stereocenters. The van der Waals surface area contributed by atoms with E-state index >= 15 is 0 Å². The minimum absolute atomic E-state index is 0. The molecule has 3 aliphatic rings. The van der Waals surface area contributed by atoms with Gasteiger partial charge in [0.1, 0.15) is 5.82 Å². The van der Waals surface area contributed by atoms with Crippen molar-refractivity contribution in [2.45, 2.75) is 12.8 Å². The van der Waals surface area contributed by atoms with Crippen molar-refractivity contribution >= 4 is 47.1 Å². The van der Waals surface area contributed by atoms with Gasteiger partial charge < -0.3 is 4.90 Å². The number of Topliss-reactive ketones (excluding diaryl/α,β-unsaturated/α-hetero) is 1. The molecule has 5 nitrogen and oxygen atoms in total. The Morgan fingerprint density at radius 1 is 1.13 bits per heavy atom. The van der Waals surface area contributed by atoms with Crippen molar-refractivity contribution in [3.63, 3.8) is 0 Å². The minimum Gasteiger partial charge on any atom is -0.302 e. The zero-order valence-electron chi connectivity index (χ0n) is 16.4. The summed E-state index contributed by atoms with van der Waals surface area (Å²) in [5, 5.41) is 0.322. The van der Waals surface area contributed by atoms with Crippen LogP contribution in [-0.2, 0) is 4.79 Å². The molecule has 0 N–H and O–H groups in total. The van der Waals surface area contributed by atoms with E-state index in [-0.39, 0.29) is 41.8 Å². The summed E-state index contributed by atoms with van der Waals surface area (Å²) < 4.78 is 13.1. The topological polar surface area (TPSA) is 53.0 Å². The largest absolute Gasteiger partial charge is 0.302 e. The van der Waals surface area contributed by atoms with Crippen LogP contribution < -0.4 is 0 Å². The lowest BCUT2D eigenvalue weighted by Gasteiger charge is -2.35. The Hall–Kier alpha value is -2.22. The van der Waals surface area contributed by atoms with Crippen LogP contribution in [0, 0.1) is 17.7 Å². The average molecular weight is 448 g/mol. The maximum atomic E-state index is 13.1. The fourth-order valence-electron chi connectivity index (χ4n) is 4.00. The Morgan fingerprint density at radius 2 is 1.83 bits per heavy atom. The van der Waals surface area contributed by atoms with Crippen LogP contribution in [0.5, 0.6) is 0 Å². The molecule has 0 saturated carbocycles. The number of piperidine rings is 1. The molecule has 0 spiro atoms. The molecule has 8 heteroatoms. The van der Waals surface area contributed by atoms with E-state index in [4.69, 9.17) is 12.2 Å². The van der Waals surface area contributed by atoms with E-state index < -0.39 is 0 Å². The van der Waals surface area contributed by atoms with Crippen molar-refractivity contribution in [2.75, 3.05) is 26.2 Å². The maximum absolute atomic E-state index is 13.1. The molecule has 2 heterocycles. The van der Waals surface area contributed by atoms with Gasteiger partial charge in [-0.3, -0.25) is 14.5 Å². The molecule has 1 fully saturated rings. The molecule has 4 rings (SSSR count). The van der Waals surface area contributed by atoms with Crippen molar-refractivity contribution in [1.29, 1.82) is 0 Å². The molecule has 0 radical (unpaired) electrons. The highest BCUT2D eigenvalue weighted by molar-refractivity contribution is 7.80. The number of likely N-dealkylation sites (tertiary alicyclic amines) is 1. The van der Waals surface area contributed by atoms with Gasteiger partial charge in [-0.2, -0.15) is 0 Å². The average Bonchev–Trinajstić information content (AvgIpc) is 2.74. The van der Waals surface area contributed by atoms with Crippen LogP contribution in [0.1, 0.15) is 23.2 Å². The summed E-state index contributed by atoms with van der Waals surface area (Å²) in [6, 6.07) is 5.76. The lowest BCUT2D eigenvalue weighted by atomic mass is 9.89. The summed E-state index contributed by atoms with van der Waals surface area (Å²) in [6.45, 7) is 2.76. The van der Waals surface area contributed by atoms with Crippen molar-refractivity contribution in [2.24, 2.45) is 16.8 Å². The number of thiocarbonyl (C=S) groups is 1. The zero-order chi connectivity index (χ0) is 20.4. The summed E-state index contributed by atoms with van der Waals surface area (Å²) >= 11 is 5.33. The van der Waals surface area contributed by atoms with E-state index in [1.165, 1.54) is 12.1 Å². The van der Waals surface area contributed by atoms with Crippen LogP contribution >= 0.6 is 24.6 Å². The van der Waals surface area contributed by atoms with Crippen LogP contribution in [0.2, 0.25) is 0 Å². The van der Waals surface area contributed by atoms with Gasteiger partial charge in [0.05, 0.1) is 11.6 Å². The predicted octanol–water partition coefficient (Wildman–Crippen LogP) is 3.45. The summed E-state index contributed by atoms with van der Waals surface area (Å²) in [7, 11) is 0. The molecule has 1 amide bonds. The van der Waals surface area contributed by atoms with E-state index in [1.54, 1.807) is 17.0 Å². The van der Waals surface area contributed by atoms with Gasteiger partial charge in [-0.1, -0.05) is 18.2 Å². The molecule has 1 aromatic carbocycles. The lowest BCUT2D eigenvalue weighted by molar-refractivity contribution is -0.128. The maximum Gasteiger partial charge on any atom is 0.241 e. The summed E-state index contributed by atoms with van der Waals surface area (Å²) in [4.78, 5) is 33.6. The van der Waals surface area contributed by atoms with E-state index in [9.17, 15) is 14.0 Å². The monoisotopic (exact) mass is 447 g/mol. The molecule has 30 heavy (non-hydrogen) atoms. The number of carbonyl (C=O) groups excluding carboxylic acids is 2. The van der Waals surface area contributed by atoms with Gasteiger partial charge in [0.25, 0.3) is 0 Å². The normalized spacial score (nSPS) is 21.8. The molecule has 0 aromatic heterocycles. The summed E-state index contributed by atoms with van der Waals surface area (Å²) in [5.41, 5.74) is 1.27. The first-order valence-electron chi connectivity index (χ1n) is 9.84. The number of benzene rings is 1. The molecule has 1 saturated heterocycles. The van der Waals surface area contributed by atoms with Crippen LogP contribution in [0.4, 0.5) is 4.39 Å². The van der Waals surface area contributed by atoms with E-state index in [2.05, 4.69) is 9.89 Å². The number of fused-ring (bicyclic) bond motifs is 1. The number of rotatable bonds is 5. The van der Waals surface area contributed by atoms with Crippen LogP contribution in [0.25, 0.3) is 0 Å². The number of hydrogen-bond acceptors (Lipinski definition) is 4. The first-order valence-corrected chi connectivity index (χ1v) is 10.2. The van der Waals surface area contributed by atoms with Crippen molar-refractivity contribution < 1.29 is 14.0 Å². The van der Waals surface area contributed by atoms with Gasteiger partial charge in [-0.05, 0) is 68.5 Å². The van der Waals surface area contributed by atoms with Gasteiger partial charge >= 0.3 is 0 Å². The second kappa shape index (κ2) is 9.73. The number of ketones is 1. The number of amides is 1. The van der Waals surface area contributed by atoms with Crippen molar-refractivity contribution in [3.05, 3.63) is 60.0 Å². The molecule has 1 atom stereocenters. The van der Waals surface area contributed by atoms with Crippen LogP contribution in [0.3, 0.4) is 0 Å². The highest BCUT2D eigenvalue weighted by Gasteiger charge is 2.34.